The first kappa shape index (κ1) is 23.5. The van der Waals surface area contributed by atoms with Crippen LogP contribution in [0, 0.1) is 11.3 Å². The molecule has 2 amide bonds. The number of carbonyl (C=O) groups is 3. The van der Waals surface area contributed by atoms with Crippen molar-refractivity contribution >= 4 is 23.7 Å². The van der Waals surface area contributed by atoms with Crippen molar-refractivity contribution < 1.29 is 14.4 Å². The van der Waals surface area contributed by atoms with Crippen LogP contribution in [0.5, 0.6) is 0 Å². The molecule has 0 aromatic heterocycles. The number of Topliss-reactive ketones (excluding diaryl/α,β-unsaturated/α-hetero) is 1. The summed E-state index contributed by atoms with van der Waals surface area (Å²) in [5.74, 6) is -0.507. The molecule has 3 aliphatic rings. The van der Waals surface area contributed by atoms with E-state index in [2.05, 4.69) is 29.2 Å². The number of carbonyl (C=O) groups excluding carboxylic acids is 3. The smallest absolute Gasteiger partial charge is 0.294 e. The topological polar surface area (TPSA) is 60.9 Å². The van der Waals surface area contributed by atoms with Crippen molar-refractivity contribution in [3.05, 3.63) is 77.9 Å². The summed E-state index contributed by atoms with van der Waals surface area (Å²) < 4.78 is 0. The van der Waals surface area contributed by atoms with Gasteiger partial charge < -0.3 is 9.80 Å². The van der Waals surface area contributed by atoms with Crippen molar-refractivity contribution in [3.8, 4) is 0 Å². The molecule has 6 heteroatoms. The van der Waals surface area contributed by atoms with Crippen molar-refractivity contribution in [1.29, 1.82) is 0 Å². The largest absolute Gasteiger partial charge is 0.340 e. The number of nitrogens with zero attached hydrogens (tertiary/aromatic N) is 3. The van der Waals surface area contributed by atoms with E-state index in [4.69, 9.17) is 0 Å². The maximum atomic E-state index is 13.2. The van der Waals surface area contributed by atoms with Gasteiger partial charge in [-0.05, 0) is 30.2 Å². The fourth-order valence-corrected chi connectivity index (χ4v) is 5.53. The van der Waals surface area contributed by atoms with E-state index in [0.29, 0.717) is 18.7 Å². The first-order valence-corrected chi connectivity index (χ1v) is 12.7. The molecule has 0 N–H and O–H groups in total. The molecule has 0 bridgehead atoms. The van der Waals surface area contributed by atoms with E-state index in [-0.39, 0.29) is 17.2 Å². The van der Waals surface area contributed by atoms with Gasteiger partial charge in [-0.15, -0.1) is 0 Å². The number of hydrogen-bond acceptors (Lipinski definition) is 4. The number of piperazine rings is 1. The predicted molar refractivity (Wildman–Crippen MR) is 136 cm³/mol. The summed E-state index contributed by atoms with van der Waals surface area (Å²) in [6.07, 6.45) is 6.87. The van der Waals surface area contributed by atoms with Gasteiger partial charge >= 0.3 is 0 Å². The van der Waals surface area contributed by atoms with Gasteiger partial charge in [0.25, 0.3) is 5.91 Å². The molecule has 2 saturated heterocycles. The summed E-state index contributed by atoms with van der Waals surface area (Å²) in [6.45, 7) is 5.37. The van der Waals surface area contributed by atoms with Gasteiger partial charge in [-0.2, -0.15) is 0 Å². The Kier molecular flexibility index (Phi) is 6.82. The molecule has 0 unspecified atom stereocenters. The van der Waals surface area contributed by atoms with E-state index in [0.717, 1.165) is 52.0 Å². The third-order valence-electron chi connectivity index (χ3n) is 7.92. The van der Waals surface area contributed by atoms with Gasteiger partial charge in [0.2, 0.25) is 11.7 Å². The molecule has 182 valence electrons. The monoisotopic (exact) mass is 471 g/mol. The van der Waals surface area contributed by atoms with E-state index < -0.39 is 11.7 Å². The second kappa shape index (κ2) is 10.2. The number of rotatable bonds is 6. The first-order chi connectivity index (χ1) is 17.1. The fraction of sp³-hybridized carbons (Fsp3) is 0.414. The maximum Gasteiger partial charge on any atom is 0.294 e. The van der Waals surface area contributed by atoms with E-state index in [1.807, 2.05) is 29.2 Å². The van der Waals surface area contributed by atoms with Gasteiger partial charge in [-0.25, -0.2) is 0 Å². The van der Waals surface area contributed by atoms with E-state index in [9.17, 15) is 14.4 Å². The molecule has 2 aliphatic heterocycles. The molecule has 5 rings (SSSR count). The van der Waals surface area contributed by atoms with Crippen LogP contribution in [0.1, 0.15) is 35.2 Å². The molecule has 0 radical (unpaired) electrons. The van der Waals surface area contributed by atoms with Gasteiger partial charge in [0.05, 0.1) is 0 Å². The third kappa shape index (κ3) is 5.22. The van der Waals surface area contributed by atoms with Crippen molar-refractivity contribution in [2.45, 2.75) is 19.3 Å². The molecule has 2 aromatic rings. The molecule has 3 fully saturated rings. The lowest BCUT2D eigenvalue weighted by molar-refractivity contribution is -0.135. The minimum absolute atomic E-state index is 0.0270. The van der Waals surface area contributed by atoms with Crippen molar-refractivity contribution in [3.63, 3.8) is 0 Å². The minimum atomic E-state index is -0.443. The van der Waals surface area contributed by atoms with Crippen LogP contribution in [0.4, 0.5) is 0 Å². The molecule has 1 aliphatic carbocycles. The highest BCUT2D eigenvalue weighted by molar-refractivity contribution is 6.42. The van der Waals surface area contributed by atoms with E-state index in [1.165, 1.54) is 5.56 Å². The molecule has 2 heterocycles. The van der Waals surface area contributed by atoms with Crippen molar-refractivity contribution in [1.82, 2.24) is 14.7 Å². The number of piperidine rings is 1. The molecular weight excluding hydrogens is 438 g/mol. The lowest BCUT2D eigenvalue weighted by atomic mass is 9.90. The Labute approximate surface area is 207 Å². The molecule has 1 saturated carbocycles. The maximum absolute atomic E-state index is 13.2. The van der Waals surface area contributed by atoms with E-state index in [1.54, 1.807) is 29.2 Å². The number of ketones is 1. The summed E-state index contributed by atoms with van der Waals surface area (Å²) >= 11 is 0. The standard InChI is InChI=1S/C29H33N3O3/c33-26(24-11-5-2-6-12-24)28(35)31-16-13-29(14-17-31)22-25(29)27(34)32-20-18-30(19-21-32)15-7-10-23-8-3-1-4-9-23/h1-12,25H,13-22H2/b10-7+/t25-/m0/s1. The fourth-order valence-electron chi connectivity index (χ4n) is 5.53. The SMILES string of the molecule is O=C(C(=O)N1CCC2(CC1)C[C@H]2C(=O)N1CCN(C/C=C/c2ccccc2)CC1)c1ccccc1. The quantitative estimate of drug-likeness (QED) is 0.479. The average Bonchev–Trinajstić information content (AvgIpc) is 3.62. The predicted octanol–water partition coefficient (Wildman–Crippen LogP) is 3.36. The average molecular weight is 472 g/mol. The Morgan fingerprint density at radius 2 is 1.43 bits per heavy atom. The highest BCUT2D eigenvalue weighted by Gasteiger charge is 2.59. The zero-order valence-corrected chi connectivity index (χ0v) is 20.1. The van der Waals surface area contributed by atoms with Crippen LogP contribution in [0.25, 0.3) is 6.08 Å². The highest BCUT2D eigenvalue weighted by Crippen LogP contribution is 2.60. The number of hydrogen-bond donors (Lipinski definition) is 0. The van der Waals surface area contributed by atoms with Gasteiger partial charge in [-0.1, -0.05) is 72.8 Å². The molecule has 1 atom stereocenters. The van der Waals surface area contributed by atoms with Crippen LogP contribution >= 0.6 is 0 Å². The summed E-state index contributed by atoms with van der Waals surface area (Å²) in [5.41, 5.74) is 1.67. The van der Waals surface area contributed by atoms with Crippen LogP contribution in [0.15, 0.2) is 66.7 Å². The minimum Gasteiger partial charge on any atom is -0.340 e. The Morgan fingerprint density at radius 3 is 2.09 bits per heavy atom. The highest BCUT2D eigenvalue weighted by atomic mass is 16.2. The van der Waals surface area contributed by atoms with Gasteiger partial charge in [0, 0.05) is 57.3 Å². The van der Waals surface area contributed by atoms with Crippen LogP contribution < -0.4 is 0 Å². The van der Waals surface area contributed by atoms with Crippen molar-refractivity contribution in [2.24, 2.45) is 11.3 Å². The normalized spacial score (nSPS) is 21.9. The zero-order valence-electron chi connectivity index (χ0n) is 20.1. The van der Waals surface area contributed by atoms with E-state index >= 15 is 0 Å². The molecular formula is C29H33N3O3. The number of likely N-dealkylation sites (tertiary alicyclic amines) is 1. The Balaban J connectivity index is 1.06. The Hall–Kier alpha value is -3.25. The molecule has 35 heavy (non-hydrogen) atoms. The number of benzene rings is 2. The van der Waals surface area contributed by atoms with Gasteiger partial charge in [0.1, 0.15) is 0 Å². The summed E-state index contributed by atoms with van der Waals surface area (Å²) in [4.78, 5) is 44.5. The molecule has 1 spiro atoms. The first-order valence-electron chi connectivity index (χ1n) is 12.7. The van der Waals surface area contributed by atoms with Crippen LogP contribution in [-0.4, -0.2) is 78.1 Å². The van der Waals surface area contributed by atoms with Gasteiger partial charge in [0.15, 0.2) is 0 Å². The summed E-state index contributed by atoms with van der Waals surface area (Å²) in [5, 5.41) is 0. The molecule has 2 aromatic carbocycles. The van der Waals surface area contributed by atoms with Crippen LogP contribution in [0.3, 0.4) is 0 Å². The van der Waals surface area contributed by atoms with Crippen molar-refractivity contribution in [2.75, 3.05) is 45.8 Å². The second-order valence-electron chi connectivity index (χ2n) is 10.0. The van der Waals surface area contributed by atoms with Crippen LogP contribution in [0.2, 0.25) is 0 Å². The summed E-state index contributed by atoms with van der Waals surface area (Å²) in [7, 11) is 0. The number of amides is 2. The lowest BCUT2D eigenvalue weighted by Crippen LogP contribution is -2.50. The van der Waals surface area contributed by atoms with Crippen LogP contribution in [-0.2, 0) is 9.59 Å². The van der Waals surface area contributed by atoms with Gasteiger partial charge in [-0.3, -0.25) is 19.3 Å². The molecule has 6 nitrogen and oxygen atoms in total. The Morgan fingerprint density at radius 1 is 0.800 bits per heavy atom. The zero-order chi connectivity index (χ0) is 24.3. The summed E-state index contributed by atoms with van der Waals surface area (Å²) in [6, 6.07) is 19.0. The lowest BCUT2D eigenvalue weighted by Gasteiger charge is -2.36. The third-order valence-corrected chi connectivity index (χ3v) is 7.92. The second-order valence-corrected chi connectivity index (χ2v) is 10.0. The Bertz CT molecular complexity index is 1080.